The second kappa shape index (κ2) is 3.96. The van der Waals surface area contributed by atoms with Gasteiger partial charge < -0.3 is 15.6 Å². The average Bonchev–Trinajstić information content (AvgIpc) is 1.88. The van der Waals surface area contributed by atoms with E-state index in [2.05, 4.69) is 10.5 Å². The molecule has 0 amide bonds. The van der Waals surface area contributed by atoms with Crippen molar-refractivity contribution in [3.05, 3.63) is 0 Å². The largest absolute Gasteiger partial charge is 0.437 e. The maximum atomic E-state index is 8.97. The van der Waals surface area contributed by atoms with Crippen LogP contribution < -0.4 is 10.5 Å². The zero-order chi connectivity index (χ0) is 7.40. The molecular formula is C6H15BN2O. The fraction of sp³-hybridized carbons (Fsp3) is 1.00. The molecule has 0 radical (unpaired) electrons. The van der Waals surface area contributed by atoms with Crippen LogP contribution in [0, 0.1) is 0 Å². The predicted octanol–water partition coefficient (Wildman–Crippen LogP) is -0.562. The summed E-state index contributed by atoms with van der Waals surface area (Å²) in [6, 6.07) is 0.466. The predicted molar refractivity (Wildman–Crippen MR) is 42.9 cm³/mol. The van der Waals surface area contributed by atoms with Crippen LogP contribution in [0.25, 0.3) is 0 Å². The molecule has 0 bridgehead atoms. The Labute approximate surface area is 62.3 Å². The maximum absolute atomic E-state index is 8.97. The van der Waals surface area contributed by atoms with E-state index in [4.69, 9.17) is 5.02 Å². The van der Waals surface area contributed by atoms with Crippen molar-refractivity contribution < 1.29 is 5.02 Å². The first-order valence-corrected chi connectivity index (χ1v) is 3.94. The van der Waals surface area contributed by atoms with E-state index in [1.54, 1.807) is 6.82 Å². The van der Waals surface area contributed by atoms with E-state index in [1.165, 1.54) is 12.8 Å². The van der Waals surface area contributed by atoms with Crippen molar-refractivity contribution in [2.75, 3.05) is 13.1 Å². The maximum Gasteiger partial charge on any atom is 0.373 e. The van der Waals surface area contributed by atoms with Gasteiger partial charge >= 0.3 is 7.05 Å². The van der Waals surface area contributed by atoms with Crippen LogP contribution in [0.5, 0.6) is 0 Å². The lowest BCUT2D eigenvalue weighted by atomic mass is 9.86. The fourth-order valence-electron chi connectivity index (χ4n) is 1.34. The van der Waals surface area contributed by atoms with Crippen LogP contribution in [0.3, 0.4) is 0 Å². The van der Waals surface area contributed by atoms with Gasteiger partial charge in [0, 0.05) is 12.6 Å². The summed E-state index contributed by atoms with van der Waals surface area (Å²) in [5, 5.41) is 15.3. The Morgan fingerprint density at radius 1 is 1.70 bits per heavy atom. The second-order valence-corrected chi connectivity index (χ2v) is 2.89. The third kappa shape index (κ3) is 2.69. The zero-order valence-corrected chi connectivity index (χ0v) is 6.43. The minimum absolute atomic E-state index is 0.370. The summed E-state index contributed by atoms with van der Waals surface area (Å²) in [6.07, 6.45) is 2.39. The van der Waals surface area contributed by atoms with Crippen LogP contribution in [0.1, 0.15) is 12.8 Å². The van der Waals surface area contributed by atoms with Gasteiger partial charge in [0.15, 0.2) is 0 Å². The molecule has 1 heterocycles. The monoisotopic (exact) mass is 142 g/mol. The summed E-state index contributed by atoms with van der Waals surface area (Å²) >= 11 is 0. The Bertz CT molecular complexity index is 93.7. The van der Waals surface area contributed by atoms with Crippen molar-refractivity contribution in [1.29, 1.82) is 0 Å². The average molecular weight is 142 g/mol. The molecule has 0 aromatic carbocycles. The lowest BCUT2D eigenvalue weighted by Gasteiger charge is -2.24. The molecule has 0 saturated carbocycles. The summed E-state index contributed by atoms with van der Waals surface area (Å²) in [5.41, 5.74) is 0. The molecule has 10 heavy (non-hydrogen) atoms. The molecule has 1 unspecified atom stereocenters. The van der Waals surface area contributed by atoms with Gasteiger partial charge in [-0.3, -0.25) is 0 Å². The first kappa shape index (κ1) is 8.05. The van der Waals surface area contributed by atoms with Crippen LogP contribution in [0.15, 0.2) is 0 Å². The molecule has 1 aliphatic rings. The molecule has 3 nitrogen and oxygen atoms in total. The van der Waals surface area contributed by atoms with Crippen molar-refractivity contribution in [2.24, 2.45) is 0 Å². The molecule has 1 atom stereocenters. The molecule has 1 aliphatic heterocycles. The molecule has 0 aromatic rings. The number of rotatable bonds is 2. The smallest absolute Gasteiger partial charge is 0.373 e. The Morgan fingerprint density at radius 3 is 3.00 bits per heavy atom. The lowest BCUT2D eigenvalue weighted by molar-refractivity contribution is 0.414. The molecular weight excluding hydrogens is 127 g/mol. The highest BCUT2D eigenvalue weighted by Crippen LogP contribution is 2.00. The summed E-state index contributed by atoms with van der Waals surface area (Å²) in [5.74, 6) is 0. The van der Waals surface area contributed by atoms with Crippen LogP contribution in [-0.2, 0) is 0 Å². The Hall–Kier alpha value is -0.0551. The summed E-state index contributed by atoms with van der Waals surface area (Å²) in [6.45, 7) is 3.87. The Morgan fingerprint density at radius 2 is 2.50 bits per heavy atom. The third-order valence-corrected chi connectivity index (χ3v) is 1.77. The van der Waals surface area contributed by atoms with E-state index in [0.29, 0.717) is 6.04 Å². The van der Waals surface area contributed by atoms with Crippen LogP contribution >= 0.6 is 0 Å². The molecule has 1 fully saturated rings. The number of hydrogen-bond acceptors (Lipinski definition) is 3. The Balaban J connectivity index is 2.13. The number of piperidine rings is 1. The van der Waals surface area contributed by atoms with Gasteiger partial charge in [-0.2, -0.15) is 0 Å². The second-order valence-electron chi connectivity index (χ2n) is 2.89. The molecule has 0 spiro atoms. The van der Waals surface area contributed by atoms with Gasteiger partial charge in [-0.15, -0.1) is 0 Å². The van der Waals surface area contributed by atoms with Crippen molar-refractivity contribution in [2.45, 2.75) is 25.7 Å². The van der Waals surface area contributed by atoms with Crippen molar-refractivity contribution >= 4 is 7.05 Å². The molecule has 3 N–H and O–H groups in total. The molecule has 58 valence electrons. The topological polar surface area (TPSA) is 44.3 Å². The quantitative estimate of drug-likeness (QED) is 0.453. The summed E-state index contributed by atoms with van der Waals surface area (Å²) in [4.78, 5) is 0. The minimum atomic E-state index is -0.370. The van der Waals surface area contributed by atoms with Gasteiger partial charge in [-0.25, -0.2) is 0 Å². The standard InChI is InChI=1S/C6H15BN2O/c1-7(10)9-6-3-2-4-8-5-6/h6,8-10H,2-5H2,1H3. The Kier molecular flexibility index (Phi) is 3.18. The van der Waals surface area contributed by atoms with Gasteiger partial charge in [0.1, 0.15) is 0 Å². The lowest BCUT2D eigenvalue weighted by Crippen LogP contribution is -2.48. The summed E-state index contributed by atoms with van der Waals surface area (Å²) < 4.78 is 0. The van der Waals surface area contributed by atoms with Gasteiger partial charge in [0.2, 0.25) is 0 Å². The fourth-order valence-corrected chi connectivity index (χ4v) is 1.34. The number of nitrogens with one attached hydrogen (secondary N) is 2. The van der Waals surface area contributed by atoms with E-state index in [9.17, 15) is 0 Å². The van der Waals surface area contributed by atoms with Crippen molar-refractivity contribution in [1.82, 2.24) is 10.5 Å². The van der Waals surface area contributed by atoms with Gasteiger partial charge in [0.25, 0.3) is 0 Å². The highest BCUT2D eigenvalue weighted by molar-refractivity contribution is 6.45. The summed E-state index contributed by atoms with van der Waals surface area (Å²) in [7, 11) is -0.370. The van der Waals surface area contributed by atoms with Crippen molar-refractivity contribution in [3.63, 3.8) is 0 Å². The molecule has 1 saturated heterocycles. The SMILES string of the molecule is CB(O)NC1CCCNC1. The van der Waals surface area contributed by atoms with Crippen LogP contribution in [0.2, 0.25) is 6.82 Å². The number of hydrogen-bond donors (Lipinski definition) is 3. The van der Waals surface area contributed by atoms with E-state index < -0.39 is 0 Å². The third-order valence-electron chi connectivity index (χ3n) is 1.77. The van der Waals surface area contributed by atoms with Gasteiger partial charge in [0.05, 0.1) is 0 Å². The van der Waals surface area contributed by atoms with E-state index >= 15 is 0 Å². The normalized spacial score (nSPS) is 26.4. The van der Waals surface area contributed by atoms with E-state index in [0.717, 1.165) is 13.1 Å². The van der Waals surface area contributed by atoms with E-state index in [1.807, 2.05) is 0 Å². The van der Waals surface area contributed by atoms with Gasteiger partial charge in [-0.05, 0) is 26.2 Å². The van der Waals surface area contributed by atoms with Crippen LogP contribution in [-0.4, -0.2) is 31.2 Å². The highest BCUT2D eigenvalue weighted by Gasteiger charge is 2.15. The minimum Gasteiger partial charge on any atom is -0.437 e. The highest BCUT2D eigenvalue weighted by atomic mass is 16.2. The van der Waals surface area contributed by atoms with Gasteiger partial charge in [-0.1, -0.05) is 0 Å². The van der Waals surface area contributed by atoms with Crippen molar-refractivity contribution in [3.8, 4) is 0 Å². The zero-order valence-electron chi connectivity index (χ0n) is 6.43. The molecule has 4 heteroatoms. The molecule has 1 rings (SSSR count). The first-order chi connectivity index (χ1) is 4.79. The molecule has 0 aliphatic carbocycles. The van der Waals surface area contributed by atoms with Crippen LogP contribution in [0.4, 0.5) is 0 Å². The molecule has 0 aromatic heterocycles. The first-order valence-electron chi connectivity index (χ1n) is 3.94. The van der Waals surface area contributed by atoms with E-state index in [-0.39, 0.29) is 7.05 Å².